The van der Waals surface area contributed by atoms with Gasteiger partial charge in [0.1, 0.15) is 9.84 Å². The Bertz CT molecular complexity index is 127. The Labute approximate surface area is 49.2 Å². The third-order valence-corrected chi connectivity index (χ3v) is 2.73. The van der Waals surface area contributed by atoms with E-state index in [1.165, 1.54) is 0 Å². The molecule has 0 aromatic heterocycles. The quantitative estimate of drug-likeness (QED) is 0.485. The van der Waals surface area contributed by atoms with Crippen LogP contribution in [0.4, 0.5) is 0 Å². The van der Waals surface area contributed by atoms with Crippen LogP contribution in [0.15, 0.2) is 0 Å². The molecule has 44 valence electrons. The second-order valence-corrected chi connectivity index (χ2v) is 3.81. The van der Waals surface area contributed by atoms with Crippen LogP contribution >= 0.6 is 12.4 Å². The predicted octanol–water partition coefficient (Wildman–Crippen LogP) is 0.227. The molecule has 0 aliphatic carbocycles. The molecular formula is C3H7ClO2S. The van der Waals surface area contributed by atoms with Crippen LogP contribution in [0.5, 0.6) is 0 Å². The lowest BCUT2D eigenvalue weighted by atomic mass is 10.5. The maximum absolute atomic E-state index is 10.1. The van der Waals surface area contributed by atoms with Crippen molar-refractivity contribution < 1.29 is 8.42 Å². The summed E-state index contributed by atoms with van der Waals surface area (Å²) in [5, 5.41) is 0. The molecule has 7 heavy (non-hydrogen) atoms. The van der Waals surface area contributed by atoms with Gasteiger partial charge in [-0.2, -0.15) is 0 Å². The van der Waals surface area contributed by atoms with Crippen molar-refractivity contribution in [2.24, 2.45) is 0 Å². The highest BCUT2D eigenvalue weighted by Gasteiger charge is 2.19. The minimum atomic E-state index is -2.48. The third kappa shape index (κ3) is 1.65. The molecule has 0 bridgehead atoms. The number of hydrogen-bond acceptors (Lipinski definition) is 2. The van der Waals surface area contributed by atoms with Crippen LogP contribution in [0, 0.1) is 0 Å². The average molecular weight is 143 g/mol. The van der Waals surface area contributed by atoms with Gasteiger partial charge in [-0.1, -0.05) is 0 Å². The van der Waals surface area contributed by atoms with Crippen LogP contribution in [0.25, 0.3) is 0 Å². The van der Waals surface area contributed by atoms with Crippen molar-refractivity contribution in [1.82, 2.24) is 0 Å². The molecule has 1 aliphatic rings. The van der Waals surface area contributed by atoms with Gasteiger partial charge in [0, 0.05) is 0 Å². The van der Waals surface area contributed by atoms with Gasteiger partial charge in [0.15, 0.2) is 0 Å². The van der Waals surface area contributed by atoms with E-state index in [1.54, 1.807) is 0 Å². The number of sulfone groups is 1. The van der Waals surface area contributed by atoms with Crippen LogP contribution < -0.4 is 0 Å². The van der Waals surface area contributed by atoms with Crippen LogP contribution in [-0.2, 0) is 9.84 Å². The largest absolute Gasteiger partial charge is 0.229 e. The molecule has 1 saturated heterocycles. The van der Waals surface area contributed by atoms with Gasteiger partial charge < -0.3 is 0 Å². The minimum Gasteiger partial charge on any atom is -0.229 e. The summed E-state index contributed by atoms with van der Waals surface area (Å²) in [5.41, 5.74) is 0. The molecule has 0 aromatic carbocycles. The molecule has 0 radical (unpaired) electrons. The zero-order valence-electron chi connectivity index (χ0n) is 3.75. The second kappa shape index (κ2) is 2.01. The molecule has 1 rings (SSSR count). The molecular weight excluding hydrogens is 136 g/mol. The van der Waals surface area contributed by atoms with Crippen molar-refractivity contribution in [2.45, 2.75) is 6.42 Å². The van der Waals surface area contributed by atoms with Crippen molar-refractivity contribution in [2.75, 3.05) is 11.5 Å². The number of rotatable bonds is 0. The summed E-state index contributed by atoms with van der Waals surface area (Å²) < 4.78 is 20.2. The zero-order chi connectivity index (χ0) is 4.62. The summed E-state index contributed by atoms with van der Waals surface area (Å²) in [6.45, 7) is 0. The van der Waals surface area contributed by atoms with Gasteiger partial charge in [-0.3, -0.25) is 0 Å². The van der Waals surface area contributed by atoms with Gasteiger partial charge >= 0.3 is 0 Å². The fraction of sp³-hybridized carbons (Fsp3) is 1.00. The van der Waals surface area contributed by atoms with Crippen LogP contribution in [0.3, 0.4) is 0 Å². The van der Waals surface area contributed by atoms with E-state index in [1.807, 2.05) is 0 Å². The van der Waals surface area contributed by atoms with E-state index in [2.05, 4.69) is 0 Å². The van der Waals surface area contributed by atoms with E-state index >= 15 is 0 Å². The maximum Gasteiger partial charge on any atom is 0.150 e. The summed E-state index contributed by atoms with van der Waals surface area (Å²) in [5.74, 6) is 0.847. The van der Waals surface area contributed by atoms with Crippen molar-refractivity contribution >= 4 is 22.2 Å². The number of halogens is 1. The monoisotopic (exact) mass is 142 g/mol. The van der Waals surface area contributed by atoms with Crippen molar-refractivity contribution in [3.63, 3.8) is 0 Å². The van der Waals surface area contributed by atoms with E-state index < -0.39 is 9.84 Å². The molecule has 1 heterocycles. The lowest BCUT2D eigenvalue weighted by Crippen LogP contribution is -2.23. The molecule has 0 unspecified atom stereocenters. The fourth-order valence-electron chi connectivity index (χ4n) is 0.380. The summed E-state index contributed by atoms with van der Waals surface area (Å²) in [6.07, 6.45) is 0.877. The standard InChI is InChI=1S/C3H6O2S.ClH/c4-6(5)2-1-3-6;/h1-3H2;1H. The molecule has 0 aromatic rings. The average Bonchev–Trinajstić information content (AvgIpc) is 1.32. The molecule has 4 heteroatoms. The smallest absolute Gasteiger partial charge is 0.150 e. The molecule has 1 fully saturated rings. The van der Waals surface area contributed by atoms with Crippen molar-refractivity contribution in [1.29, 1.82) is 0 Å². The summed E-state index contributed by atoms with van der Waals surface area (Å²) in [7, 11) is -2.48. The third-order valence-electron chi connectivity index (χ3n) is 0.911. The first-order valence-electron chi connectivity index (χ1n) is 1.91. The van der Waals surface area contributed by atoms with E-state index in [-0.39, 0.29) is 12.4 Å². The lowest BCUT2D eigenvalue weighted by Gasteiger charge is -2.09. The fourth-order valence-corrected chi connectivity index (χ4v) is 1.14. The Morgan fingerprint density at radius 1 is 1.14 bits per heavy atom. The predicted molar refractivity (Wildman–Crippen MR) is 30.5 cm³/mol. The van der Waals surface area contributed by atoms with Crippen LogP contribution in [-0.4, -0.2) is 19.9 Å². The molecule has 0 atom stereocenters. The highest BCUT2D eigenvalue weighted by molar-refractivity contribution is 7.92. The Hall–Kier alpha value is 0.240. The molecule has 2 nitrogen and oxygen atoms in total. The van der Waals surface area contributed by atoms with Gasteiger partial charge in [-0.05, 0) is 6.42 Å². The molecule has 0 amide bonds. The Kier molecular flexibility index (Phi) is 2.08. The SMILES string of the molecule is Cl.O=S1(=O)CCC1. The first-order chi connectivity index (χ1) is 2.71. The second-order valence-electron chi connectivity index (χ2n) is 1.51. The van der Waals surface area contributed by atoms with E-state index in [4.69, 9.17) is 0 Å². The van der Waals surface area contributed by atoms with E-state index in [0.29, 0.717) is 11.5 Å². The Balaban J connectivity index is 0.000000360. The molecule has 0 spiro atoms. The van der Waals surface area contributed by atoms with Gasteiger partial charge in [-0.25, -0.2) is 8.42 Å². The lowest BCUT2D eigenvalue weighted by molar-refractivity contribution is 0.580. The van der Waals surface area contributed by atoms with Crippen molar-refractivity contribution in [3.05, 3.63) is 0 Å². The van der Waals surface area contributed by atoms with Gasteiger partial charge in [0.25, 0.3) is 0 Å². The van der Waals surface area contributed by atoms with Gasteiger partial charge in [0.2, 0.25) is 0 Å². The summed E-state index contributed by atoms with van der Waals surface area (Å²) in [6, 6.07) is 0. The minimum absolute atomic E-state index is 0. The molecule has 0 N–H and O–H groups in total. The highest BCUT2D eigenvalue weighted by Crippen LogP contribution is 2.06. The van der Waals surface area contributed by atoms with E-state index in [9.17, 15) is 8.42 Å². The first-order valence-corrected chi connectivity index (χ1v) is 3.73. The zero-order valence-corrected chi connectivity index (χ0v) is 5.39. The summed E-state index contributed by atoms with van der Waals surface area (Å²) in [4.78, 5) is 0. The van der Waals surface area contributed by atoms with Gasteiger partial charge in [-0.15, -0.1) is 12.4 Å². The van der Waals surface area contributed by atoms with Gasteiger partial charge in [0.05, 0.1) is 11.5 Å². The molecule has 0 saturated carbocycles. The highest BCUT2D eigenvalue weighted by atomic mass is 35.5. The Morgan fingerprint density at radius 3 is 1.43 bits per heavy atom. The maximum atomic E-state index is 10.1. The molecule has 1 aliphatic heterocycles. The number of hydrogen-bond donors (Lipinski definition) is 0. The first kappa shape index (κ1) is 7.24. The normalized spacial score (nSPS) is 24.6. The van der Waals surface area contributed by atoms with E-state index in [0.717, 1.165) is 6.42 Å². The van der Waals surface area contributed by atoms with Crippen molar-refractivity contribution in [3.8, 4) is 0 Å². The topological polar surface area (TPSA) is 34.1 Å². The Morgan fingerprint density at radius 2 is 1.43 bits per heavy atom. The van der Waals surface area contributed by atoms with Crippen LogP contribution in [0.1, 0.15) is 6.42 Å². The summed E-state index contributed by atoms with van der Waals surface area (Å²) >= 11 is 0. The van der Waals surface area contributed by atoms with Crippen LogP contribution in [0.2, 0.25) is 0 Å².